The predicted octanol–water partition coefficient (Wildman–Crippen LogP) is 2.32. The molecule has 2 atom stereocenters. The van der Waals surface area contributed by atoms with Crippen LogP contribution in [0.25, 0.3) is 0 Å². The molecule has 1 aromatic carbocycles. The Bertz CT molecular complexity index is 462. The predicted molar refractivity (Wildman–Crippen MR) is 64.7 cm³/mol. The summed E-state index contributed by atoms with van der Waals surface area (Å²) in [4.78, 5) is 0. The van der Waals surface area contributed by atoms with Crippen LogP contribution in [-0.4, -0.2) is 28.2 Å². The van der Waals surface area contributed by atoms with Crippen LogP contribution in [0.2, 0.25) is 0 Å². The third kappa shape index (κ3) is 2.61. The van der Waals surface area contributed by atoms with Crippen molar-refractivity contribution in [1.82, 2.24) is 0 Å². The van der Waals surface area contributed by atoms with Crippen molar-refractivity contribution in [3.8, 4) is 5.75 Å². The molecule has 0 saturated heterocycles. The van der Waals surface area contributed by atoms with Crippen molar-refractivity contribution in [3.63, 3.8) is 0 Å². The van der Waals surface area contributed by atoms with Gasteiger partial charge in [-0.3, -0.25) is 0 Å². The van der Waals surface area contributed by atoms with Gasteiger partial charge in [0.2, 0.25) is 0 Å². The lowest BCUT2D eigenvalue weighted by molar-refractivity contribution is 0.0600. The second-order valence-electron chi connectivity index (χ2n) is 4.48. The van der Waals surface area contributed by atoms with Gasteiger partial charge in [-0.1, -0.05) is 5.16 Å². The van der Waals surface area contributed by atoms with Gasteiger partial charge < -0.3 is 15.1 Å². The lowest BCUT2D eigenvalue weighted by atomic mass is 10.1. The molecule has 1 fully saturated rings. The molecule has 18 heavy (non-hydrogen) atoms. The maximum Gasteiger partial charge on any atom is 0.131 e. The Hall–Kier alpha value is -1.62. The van der Waals surface area contributed by atoms with E-state index in [9.17, 15) is 9.50 Å². The van der Waals surface area contributed by atoms with E-state index >= 15 is 0 Å². The zero-order valence-corrected chi connectivity index (χ0v) is 10.1. The first kappa shape index (κ1) is 12.8. The Morgan fingerprint density at radius 1 is 1.44 bits per heavy atom. The van der Waals surface area contributed by atoms with Crippen molar-refractivity contribution in [2.75, 3.05) is 0 Å². The molecule has 4 nitrogen and oxygen atoms in total. The lowest BCUT2D eigenvalue weighted by Gasteiger charge is -2.19. The van der Waals surface area contributed by atoms with Crippen molar-refractivity contribution >= 4 is 5.71 Å². The second-order valence-corrected chi connectivity index (χ2v) is 4.48. The fourth-order valence-electron chi connectivity index (χ4n) is 2.15. The van der Waals surface area contributed by atoms with E-state index in [4.69, 9.17) is 9.94 Å². The zero-order valence-electron chi connectivity index (χ0n) is 10.1. The molecule has 5 heteroatoms. The molecule has 2 rings (SSSR count). The Kier molecular flexibility index (Phi) is 3.81. The van der Waals surface area contributed by atoms with Gasteiger partial charge in [0.25, 0.3) is 0 Å². The highest BCUT2D eigenvalue weighted by Gasteiger charge is 2.27. The van der Waals surface area contributed by atoms with E-state index in [2.05, 4.69) is 5.16 Å². The first-order valence-electron chi connectivity index (χ1n) is 5.95. The first-order chi connectivity index (χ1) is 8.61. The van der Waals surface area contributed by atoms with Crippen LogP contribution in [0, 0.1) is 5.82 Å². The molecule has 1 aliphatic carbocycles. The van der Waals surface area contributed by atoms with E-state index in [1.54, 1.807) is 6.92 Å². The number of rotatable bonds is 3. The third-order valence-corrected chi connectivity index (χ3v) is 3.18. The summed E-state index contributed by atoms with van der Waals surface area (Å²) < 4.78 is 18.9. The second kappa shape index (κ2) is 5.35. The number of aliphatic hydroxyl groups excluding tert-OH is 1. The number of hydrogen-bond donors (Lipinski definition) is 2. The van der Waals surface area contributed by atoms with Crippen molar-refractivity contribution in [2.45, 2.75) is 38.4 Å². The van der Waals surface area contributed by atoms with Gasteiger partial charge in [-0.05, 0) is 38.3 Å². The molecule has 2 unspecified atom stereocenters. The largest absolute Gasteiger partial charge is 0.487 e. The van der Waals surface area contributed by atoms with Crippen molar-refractivity contribution in [2.24, 2.45) is 5.16 Å². The van der Waals surface area contributed by atoms with Crippen LogP contribution < -0.4 is 4.74 Å². The van der Waals surface area contributed by atoms with Gasteiger partial charge in [-0.15, -0.1) is 0 Å². The smallest absolute Gasteiger partial charge is 0.131 e. The minimum Gasteiger partial charge on any atom is -0.487 e. The van der Waals surface area contributed by atoms with Crippen LogP contribution >= 0.6 is 0 Å². The van der Waals surface area contributed by atoms with Crippen LogP contribution in [0.3, 0.4) is 0 Å². The molecule has 1 aliphatic rings. The minimum absolute atomic E-state index is 0.302. The fourth-order valence-corrected chi connectivity index (χ4v) is 2.15. The van der Waals surface area contributed by atoms with E-state index in [1.807, 2.05) is 0 Å². The number of ether oxygens (including phenoxy) is 1. The number of aliphatic hydroxyl groups is 1. The topological polar surface area (TPSA) is 62.1 Å². The van der Waals surface area contributed by atoms with Crippen LogP contribution in [0.4, 0.5) is 4.39 Å². The van der Waals surface area contributed by atoms with Gasteiger partial charge in [0, 0.05) is 11.6 Å². The van der Waals surface area contributed by atoms with E-state index in [0.29, 0.717) is 23.4 Å². The van der Waals surface area contributed by atoms with Gasteiger partial charge in [0.05, 0.1) is 11.8 Å². The molecule has 2 N–H and O–H groups in total. The Labute approximate surface area is 105 Å². The summed E-state index contributed by atoms with van der Waals surface area (Å²) in [5.41, 5.74) is 0.871. The number of halogens is 1. The Morgan fingerprint density at radius 3 is 2.83 bits per heavy atom. The van der Waals surface area contributed by atoms with Gasteiger partial charge in [0.1, 0.15) is 17.7 Å². The summed E-state index contributed by atoms with van der Waals surface area (Å²) in [5, 5.41) is 21.6. The van der Waals surface area contributed by atoms with Crippen LogP contribution in [0.15, 0.2) is 23.4 Å². The summed E-state index contributed by atoms with van der Waals surface area (Å²) >= 11 is 0. The van der Waals surface area contributed by atoms with E-state index in [0.717, 1.165) is 12.8 Å². The van der Waals surface area contributed by atoms with Crippen LogP contribution in [-0.2, 0) is 0 Å². The van der Waals surface area contributed by atoms with Gasteiger partial charge >= 0.3 is 0 Å². The normalized spacial score (nSPS) is 24.3. The molecule has 0 bridgehead atoms. The van der Waals surface area contributed by atoms with Crippen molar-refractivity contribution in [1.29, 1.82) is 0 Å². The highest BCUT2D eigenvalue weighted by atomic mass is 19.1. The summed E-state index contributed by atoms with van der Waals surface area (Å²) in [6.07, 6.45) is 1.49. The molecule has 98 valence electrons. The average molecular weight is 253 g/mol. The molecule has 0 amide bonds. The summed E-state index contributed by atoms with van der Waals surface area (Å²) in [7, 11) is 0. The van der Waals surface area contributed by atoms with Gasteiger partial charge in [0.15, 0.2) is 0 Å². The third-order valence-electron chi connectivity index (χ3n) is 3.18. The molecule has 0 radical (unpaired) electrons. The first-order valence-corrected chi connectivity index (χ1v) is 5.95. The number of benzene rings is 1. The molecule has 0 spiro atoms. The number of oxime groups is 1. The zero-order chi connectivity index (χ0) is 13.1. The van der Waals surface area contributed by atoms with E-state index < -0.39 is 11.9 Å². The van der Waals surface area contributed by atoms with Gasteiger partial charge in [-0.2, -0.15) is 0 Å². The van der Waals surface area contributed by atoms with E-state index in [-0.39, 0.29) is 6.10 Å². The highest BCUT2D eigenvalue weighted by Crippen LogP contribution is 2.28. The Balaban J connectivity index is 2.27. The maximum absolute atomic E-state index is 13.2. The molecular formula is C13H16FNO3. The Morgan fingerprint density at radius 2 is 2.22 bits per heavy atom. The quantitative estimate of drug-likeness (QED) is 0.493. The average Bonchev–Trinajstić information content (AvgIpc) is 2.74. The van der Waals surface area contributed by atoms with Crippen molar-refractivity contribution in [3.05, 3.63) is 29.6 Å². The van der Waals surface area contributed by atoms with Crippen LogP contribution in [0.1, 0.15) is 31.7 Å². The number of hydrogen-bond acceptors (Lipinski definition) is 4. The van der Waals surface area contributed by atoms with E-state index in [1.165, 1.54) is 18.2 Å². The van der Waals surface area contributed by atoms with Gasteiger partial charge in [-0.25, -0.2) is 4.39 Å². The summed E-state index contributed by atoms with van der Waals surface area (Å²) in [5.74, 6) is -0.122. The maximum atomic E-state index is 13.2. The molecule has 1 saturated carbocycles. The summed E-state index contributed by atoms with van der Waals surface area (Å²) in [6.45, 7) is 1.60. The molecule has 0 aromatic heterocycles. The fraction of sp³-hybridized carbons (Fsp3) is 0.462. The van der Waals surface area contributed by atoms with Crippen molar-refractivity contribution < 1.29 is 19.4 Å². The minimum atomic E-state index is -0.521. The molecular weight excluding hydrogens is 237 g/mol. The standard InChI is InChI=1S/C13H16FNO3/c1-8(15-17)10-6-5-9(14)7-13(10)18-12-4-2-3-11(12)16/h5-7,11-12,16-17H,2-4H2,1H3. The molecule has 0 heterocycles. The highest BCUT2D eigenvalue weighted by molar-refractivity contribution is 6.00. The molecule has 1 aromatic rings. The van der Waals surface area contributed by atoms with Crippen LogP contribution in [0.5, 0.6) is 5.75 Å². The number of nitrogens with zero attached hydrogens (tertiary/aromatic N) is 1. The lowest BCUT2D eigenvalue weighted by Crippen LogP contribution is -2.26. The monoisotopic (exact) mass is 253 g/mol. The molecule has 0 aliphatic heterocycles. The summed E-state index contributed by atoms with van der Waals surface area (Å²) in [6, 6.07) is 4.03. The SMILES string of the molecule is CC(=NO)c1ccc(F)cc1OC1CCCC1O.